The van der Waals surface area contributed by atoms with Crippen LogP contribution in [0.3, 0.4) is 0 Å². The van der Waals surface area contributed by atoms with Crippen molar-refractivity contribution in [3.05, 3.63) is 35.0 Å². The lowest BCUT2D eigenvalue weighted by molar-refractivity contribution is 0.414. The van der Waals surface area contributed by atoms with E-state index in [0.29, 0.717) is 0 Å². The minimum atomic E-state index is 0.913. The number of aromatic nitrogens is 3. The molecule has 1 aliphatic carbocycles. The molecule has 0 saturated heterocycles. The number of nitrogens with zero attached hydrogens (tertiary/aromatic N) is 3. The molecule has 0 fully saturated rings. The number of aryl methyl sites for hydroxylation is 2. The van der Waals surface area contributed by atoms with Crippen LogP contribution in [0.4, 0.5) is 0 Å². The lowest BCUT2D eigenvalue weighted by Gasteiger charge is -2.16. The fraction of sp³-hybridized carbons (Fsp3) is 0.231. The molecule has 90 valence electrons. The first-order valence-corrected chi connectivity index (χ1v) is 6.73. The quantitative estimate of drug-likeness (QED) is 0.672. The van der Waals surface area contributed by atoms with Crippen molar-refractivity contribution in [1.29, 1.82) is 0 Å². The Labute approximate surface area is 108 Å². The first kappa shape index (κ1) is 10.1. The van der Waals surface area contributed by atoms with Gasteiger partial charge in [-0.15, -0.1) is 0 Å². The van der Waals surface area contributed by atoms with Gasteiger partial charge >= 0.3 is 0 Å². The Morgan fingerprint density at radius 3 is 3.17 bits per heavy atom. The van der Waals surface area contributed by atoms with E-state index >= 15 is 0 Å². The van der Waals surface area contributed by atoms with Gasteiger partial charge in [0.2, 0.25) is 4.96 Å². The molecule has 0 amide bonds. The van der Waals surface area contributed by atoms with Gasteiger partial charge in [-0.25, -0.2) is 9.50 Å². The van der Waals surface area contributed by atoms with Crippen molar-refractivity contribution in [1.82, 2.24) is 14.6 Å². The minimum Gasteiger partial charge on any atom is -0.497 e. The largest absolute Gasteiger partial charge is 0.497 e. The van der Waals surface area contributed by atoms with E-state index in [-0.39, 0.29) is 0 Å². The van der Waals surface area contributed by atoms with Crippen LogP contribution < -0.4 is 4.74 Å². The Kier molecular flexibility index (Phi) is 1.99. The molecule has 0 N–H and O–H groups in total. The van der Waals surface area contributed by atoms with Gasteiger partial charge in [0.15, 0.2) is 0 Å². The Hall–Kier alpha value is -1.88. The third-order valence-electron chi connectivity index (χ3n) is 3.44. The number of ether oxygens (including phenoxy) is 1. The third-order valence-corrected chi connectivity index (χ3v) is 4.11. The van der Waals surface area contributed by atoms with Gasteiger partial charge in [0.05, 0.1) is 18.5 Å². The molecule has 1 aromatic carbocycles. The summed E-state index contributed by atoms with van der Waals surface area (Å²) in [4.78, 5) is 5.66. The van der Waals surface area contributed by atoms with E-state index < -0.39 is 0 Å². The molecule has 0 unspecified atom stereocenters. The van der Waals surface area contributed by atoms with Crippen molar-refractivity contribution in [3.8, 4) is 17.0 Å². The van der Waals surface area contributed by atoms with Crippen LogP contribution in [-0.4, -0.2) is 21.7 Å². The molecule has 0 aliphatic heterocycles. The molecule has 0 saturated carbocycles. The van der Waals surface area contributed by atoms with Crippen molar-refractivity contribution in [3.63, 3.8) is 0 Å². The Morgan fingerprint density at radius 2 is 2.28 bits per heavy atom. The molecule has 2 aromatic heterocycles. The van der Waals surface area contributed by atoms with E-state index in [2.05, 4.69) is 22.2 Å². The van der Waals surface area contributed by atoms with E-state index in [1.807, 2.05) is 16.1 Å². The molecule has 2 heterocycles. The SMILES string of the molecule is COc1ccc2c(c1)CCc1c-2nc2scnn12. The predicted molar refractivity (Wildman–Crippen MR) is 70.3 cm³/mol. The van der Waals surface area contributed by atoms with Crippen LogP contribution in [-0.2, 0) is 12.8 Å². The minimum absolute atomic E-state index is 0.913. The Bertz CT molecular complexity index is 744. The summed E-state index contributed by atoms with van der Waals surface area (Å²) in [6.45, 7) is 0. The molecule has 4 nitrogen and oxygen atoms in total. The Morgan fingerprint density at radius 1 is 1.33 bits per heavy atom. The van der Waals surface area contributed by atoms with Crippen LogP contribution >= 0.6 is 11.3 Å². The second-order valence-corrected chi connectivity index (χ2v) is 5.17. The Balaban J connectivity index is 1.98. The van der Waals surface area contributed by atoms with Crippen LogP contribution in [0.2, 0.25) is 0 Å². The zero-order chi connectivity index (χ0) is 12.1. The highest BCUT2D eigenvalue weighted by atomic mass is 32.1. The van der Waals surface area contributed by atoms with Gasteiger partial charge in [0.25, 0.3) is 0 Å². The van der Waals surface area contributed by atoms with Crippen LogP contribution in [0.5, 0.6) is 5.75 Å². The van der Waals surface area contributed by atoms with Gasteiger partial charge in [-0.3, -0.25) is 0 Å². The monoisotopic (exact) mass is 257 g/mol. The summed E-state index contributed by atoms with van der Waals surface area (Å²) in [6, 6.07) is 6.21. The highest BCUT2D eigenvalue weighted by Crippen LogP contribution is 2.35. The van der Waals surface area contributed by atoms with Gasteiger partial charge < -0.3 is 4.74 Å². The van der Waals surface area contributed by atoms with E-state index in [4.69, 9.17) is 4.74 Å². The second-order valence-electron chi connectivity index (χ2n) is 4.36. The summed E-state index contributed by atoms with van der Waals surface area (Å²) in [5.41, 5.74) is 6.68. The lowest BCUT2D eigenvalue weighted by Crippen LogP contribution is -2.06. The lowest BCUT2D eigenvalue weighted by atomic mass is 9.92. The standard InChI is InChI=1S/C13H11N3OS/c1-17-9-3-4-10-8(6-9)2-5-11-12(10)15-13-16(11)14-7-18-13/h3-4,6-7H,2,5H2,1H3. The molecule has 4 rings (SSSR count). The summed E-state index contributed by atoms with van der Waals surface area (Å²) >= 11 is 1.58. The van der Waals surface area contributed by atoms with Crippen molar-refractivity contribution in [2.75, 3.05) is 7.11 Å². The number of rotatable bonds is 1. The van der Waals surface area contributed by atoms with Crippen LogP contribution in [0.15, 0.2) is 23.7 Å². The summed E-state index contributed by atoms with van der Waals surface area (Å²) in [7, 11) is 1.70. The third kappa shape index (κ3) is 1.25. The summed E-state index contributed by atoms with van der Waals surface area (Å²) < 4.78 is 7.24. The van der Waals surface area contributed by atoms with Crippen molar-refractivity contribution < 1.29 is 4.74 Å². The zero-order valence-corrected chi connectivity index (χ0v) is 10.7. The van der Waals surface area contributed by atoms with E-state index in [9.17, 15) is 0 Å². The summed E-state index contributed by atoms with van der Waals surface area (Å²) in [6.07, 6.45) is 2.01. The number of hydrogen-bond acceptors (Lipinski definition) is 4. The molecule has 0 spiro atoms. The molecular weight excluding hydrogens is 246 g/mol. The summed E-state index contributed by atoms with van der Waals surface area (Å²) in [5, 5.41) is 4.35. The molecular formula is C13H11N3OS. The van der Waals surface area contributed by atoms with Crippen LogP contribution in [0.25, 0.3) is 16.2 Å². The van der Waals surface area contributed by atoms with Crippen molar-refractivity contribution in [2.24, 2.45) is 0 Å². The van der Waals surface area contributed by atoms with Gasteiger partial charge in [0.1, 0.15) is 11.3 Å². The van der Waals surface area contributed by atoms with Gasteiger partial charge in [-0.05, 0) is 36.6 Å². The maximum absolute atomic E-state index is 5.28. The van der Waals surface area contributed by atoms with E-state index in [1.165, 1.54) is 16.8 Å². The highest BCUT2D eigenvalue weighted by molar-refractivity contribution is 7.14. The average Bonchev–Trinajstić information content (AvgIpc) is 2.98. The smallest absolute Gasteiger partial charge is 0.212 e. The molecule has 18 heavy (non-hydrogen) atoms. The molecule has 0 bridgehead atoms. The van der Waals surface area contributed by atoms with E-state index in [0.717, 1.165) is 29.2 Å². The molecule has 0 radical (unpaired) electrons. The van der Waals surface area contributed by atoms with Crippen LogP contribution in [0.1, 0.15) is 11.3 Å². The number of fused-ring (bicyclic) bond motifs is 5. The van der Waals surface area contributed by atoms with E-state index in [1.54, 1.807) is 18.4 Å². The molecule has 1 aliphatic rings. The molecule has 0 atom stereocenters. The van der Waals surface area contributed by atoms with Crippen molar-refractivity contribution in [2.45, 2.75) is 12.8 Å². The van der Waals surface area contributed by atoms with Gasteiger partial charge in [0, 0.05) is 5.56 Å². The predicted octanol–water partition coefficient (Wildman–Crippen LogP) is 2.57. The normalized spacial score (nSPS) is 13.4. The average molecular weight is 257 g/mol. The number of imidazole rings is 1. The topological polar surface area (TPSA) is 39.4 Å². The van der Waals surface area contributed by atoms with Crippen molar-refractivity contribution >= 4 is 16.3 Å². The fourth-order valence-electron chi connectivity index (χ4n) is 2.56. The van der Waals surface area contributed by atoms with Gasteiger partial charge in [-0.1, -0.05) is 11.3 Å². The first-order valence-electron chi connectivity index (χ1n) is 5.85. The maximum Gasteiger partial charge on any atom is 0.212 e. The zero-order valence-electron chi connectivity index (χ0n) is 9.88. The van der Waals surface area contributed by atoms with Crippen LogP contribution in [0, 0.1) is 0 Å². The molecule has 5 heteroatoms. The number of methoxy groups -OCH3 is 1. The first-order chi connectivity index (χ1) is 8.86. The maximum atomic E-state index is 5.28. The summed E-state index contributed by atoms with van der Waals surface area (Å²) in [5.74, 6) is 0.913. The highest BCUT2D eigenvalue weighted by Gasteiger charge is 2.22. The number of hydrogen-bond donors (Lipinski definition) is 0. The fourth-order valence-corrected chi connectivity index (χ4v) is 3.20. The number of benzene rings is 1. The molecule has 3 aromatic rings. The second kappa shape index (κ2) is 3.55. The van der Waals surface area contributed by atoms with Gasteiger partial charge in [-0.2, -0.15) is 5.10 Å².